The Morgan fingerprint density at radius 3 is 2.73 bits per heavy atom. The van der Waals surface area contributed by atoms with Crippen LogP contribution in [0.2, 0.25) is 0 Å². The second-order valence-electron chi connectivity index (χ2n) is 6.11. The maximum atomic E-state index is 4.74. The molecular formula is C17H19N5. The van der Waals surface area contributed by atoms with Crippen LogP contribution >= 0.6 is 0 Å². The van der Waals surface area contributed by atoms with E-state index >= 15 is 0 Å². The van der Waals surface area contributed by atoms with Crippen molar-refractivity contribution in [3.63, 3.8) is 0 Å². The summed E-state index contributed by atoms with van der Waals surface area (Å²) in [4.78, 5) is 8.85. The quantitative estimate of drug-likeness (QED) is 0.759. The Balaban J connectivity index is 1.43. The fourth-order valence-corrected chi connectivity index (χ4v) is 2.88. The molecule has 4 rings (SSSR count). The number of aromatic amines is 1. The molecule has 1 N–H and O–H groups in total. The summed E-state index contributed by atoms with van der Waals surface area (Å²) < 4.78 is 2.12. The Morgan fingerprint density at radius 2 is 2.00 bits per heavy atom. The number of H-pyrrole nitrogens is 1. The summed E-state index contributed by atoms with van der Waals surface area (Å²) in [6.07, 6.45) is 9.88. The van der Waals surface area contributed by atoms with Crippen LogP contribution in [0.4, 0.5) is 0 Å². The Morgan fingerprint density at radius 1 is 1.14 bits per heavy atom. The molecule has 0 amide bonds. The third kappa shape index (κ3) is 2.66. The lowest BCUT2D eigenvalue weighted by Gasteiger charge is -2.11. The molecule has 1 fully saturated rings. The first kappa shape index (κ1) is 13.2. The van der Waals surface area contributed by atoms with Crippen molar-refractivity contribution in [1.82, 2.24) is 24.7 Å². The fourth-order valence-electron chi connectivity index (χ4n) is 2.88. The van der Waals surface area contributed by atoms with Gasteiger partial charge in [-0.15, -0.1) is 0 Å². The van der Waals surface area contributed by atoms with Crippen molar-refractivity contribution in [3.8, 4) is 0 Å². The Bertz CT molecular complexity index is 726. The van der Waals surface area contributed by atoms with E-state index in [1.54, 1.807) is 0 Å². The zero-order valence-corrected chi connectivity index (χ0v) is 12.4. The predicted molar refractivity (Wildman–Crippen MR) is 83.4 cm³/mol. The summed E-state index contributed by atoms with van der Waals surface area (Å²) in [7, 11) is 0. The molecule has 112 valence electrons. The van der Waals surface area contributed by atoms with E-state index in [0.717, 1.165) is 43.9 Å². The molecule has 22 heavy (non-hydrogen) atoms. The van der Waals surface area contributed by atoms with Gasteiger partial charge in [-0.25, -0.2) is 9.97 Å². The fraction of sp³-hybridized carbons (Fsp3) is 0.353. The Hall–Kier alpha value is -2.43. The molecule has 1 saturated carbocycles. The van der Waals surface area contributed by atoms with E-state index in [1.165, 1.54) is 5.56 Å². The second kappa shape index (κ2) is 5.40. The maximum absolute atomic E-state index is 4.74. The largest absolute Gasteiger partial charge is 0.336 e. The predicted octanol–water partition coefficient (Wildman–Crippen LogP) is 2.52. The molecule has 0 bridgehead atoms. The van der Waals surface area contributed by atoms with Crippen molar-refractivity contribution in [3.05, 3.63) is 66.3 Å². The van der Waals surface area contributed by atoms with Gasteiger partial charge in [-0.3, -0.25) is 5.10 Å². The molecule has 2 heterocycles. The lowest BCUT2D eigenvalue weighted by Crippen LogP contribution is -2.16. The number of aryl methyl sites for hydroxylation is 2. The SMILES string of the molecule is c1ccc(CCc2nc(C3(Cn4ccnc4)CC3)n[nH]2)cc1. The smallest absolute Gasteiger partial charge is 0.158 e. The minimum atomic E-state index is 0.113. The van der Waals surface area contributed by atoms with Crippen LogP contribution in [0, 0.1) is 0 Å². The summed E-state index contributed by atoms with van der Waals surface area (Å²) in [5, 5.41) is 7.59. The highest BCUT2D eigenvalue weighted by molar-refractivity contribution is 5.19. The minimum Gasteiger partial charge on any atom is -0.336 e. The molecule has 2 aromatic heterocycles. The Labute approximate surface area is 129 Å². The van der Waals surface area contributed by atoms with E-state index < -0.39 is 0 Å². The first-order valence-electron chi connectivity index (χ1n) is 7.76. The summed E-state index contributed by atoms with van der Waals surface area (Å²) >= 11 is 0. The third-order valence-electron chi connectivity index (χ3n) is 4.40. The van der Waals surface area contributed by atoms with Gasteiger partial charge in [0, 0.05) is 25.4 Å². The van der Waals surface area contributed by atoms with Crippen molar-refractivity contribution in [2.75, 3.05) is 0 Å². The van der Waals surface area contributed by atoms with Crippen molar-refractivity contribution in [2.24, 2.45) is 0 Å². The molecule has 0 spiro atoms. The van der Waals surface area contributed by atoms with Gasteiger partial charge >= 0.3 is 0 Å². The molecule has 0 radical (unpaired) electrons. The number of aromatic nitrogens is 5. The molecule has 5 heteroatoms. The van der Waals surface area contributed by atoms with Gasteiger partial charge in [0.15, 0.2) is 5.82 Å². The molecule has 5 nitrogen and oxygen atoms in total. The Kier molecular flexibility index (Phi) is 3.25. The van der Waals surface area contributed by atoms with Gasteiger partial charge in [0.1, 0.15) is 5.82 Å². The number of rotatable bonds is 6. The highest BCUT2D eigenvalue weighted by atomic mass is 15.2. The first-order valence-corrected chi connectivity index (χ1v) is 7.76. The van der Waals surface area contributed by atoms with Gasteiger partial charge < -0.3 is 4.57 Å². The van der Waals surface area contributed by atoms with Crippen molar-refractivity contribution in [1.29, 1.82) is 0 Å². The minimum absolute atomic E-state index is 0.113. The van der Waals surface area contributed by atoms with Gasteiger partial charge in [-0.1, -0.05) is 30.3 Å². The van der Waals surface area contributed by atoms with E-state index in [1.807, 2.05) is 24.8 Å². The molecule has 1 aromatic carbocycles. The summed E-state index contributed by atoms with van der Waals surface area (Å²) in [6, 6.07) is 10.5. The molecule has 0 saturated heterocycles. The van der Waals surface area contributed by atoms with Gasteiger partial charge in [-0.2, -0.15) is 5.10 Å². The van der Waals surface area contributed by atoms with Gasteiger partial charge in [0.2, 0.25) is 0 Å². The first-order chi connectivity index (χ1) is 10.8. The third-order valence-corrected chi connectivity index (χ3v) is 4.40. The average Bonchev–Trinajstić information content (AvgIpc) is 2.96. The van der Waals surface area contributed by atoms with E-state index in [-0.39, 0.29) is 5.41 Å². The summed E-state index contributed by atoms with van der Waals surface area (Å²) in [5.41, 5.74) is 1.45. The van der Waals surface area contributed by atoms with E-state index in [9.17, 15) is 0 Å². The van der Waals surface area contributed by atoms with Crippen molar-refractivity contribution >= 4 is 0 Å². The number of benzene rings is 1. The van der Waals surface area contributed by atoms with Crippen LogP contribution in [0.3, 0.4) is 0 Å². The van der Waals surface area contributed by atoms with Crippen LogP contribution in [-0.2, 0) is 24.8 Å². The lowest BCUT2D eigenvalue weighted by atomic mass is 10.1. The molecule has 0 unspecified atom stereocenters. The van der Waals surface area contributed by atoms with Crippen LogP contribution < -0.4 is 0 Å². The number of nitrogens with zero attached hydrogens (tertiary/aromatic N) is 4. The van der Waals surface area contributed by atoms with Crippen LogP contribution in [0.25, 0.3) is 0 Å². The number of hydrogen-bond donors (Lipinski definition) is 1. The van der Waals surface area contributed by atoms with E-state index in [4.69, 9.17) is 4.98 Å². The van der Waals surface area contributed by atoms with Gasteiger partial charge in [-0.05, 0) is 24.8 Å². The highest BCUT2D eigenvalue weighted by Crippen LogP contribution is 2.47. The van der Waals surface area contributed by atoms with Crippen LogP contribution in [0.1, 0.15) is 30.1 Å². The highest BCUT2D eigenvalue weighted by Gasteiger charge is 2.48. The number of imidazole rings is 1. The normalized spacial score (nSPS) is 15.8. The molecule has 3 aromatic rings. The molecular weight excluding hydrogens is 274 g/mol. The number of nitrogens with one attached hydrogen (secondary N) is 1. The van der Waals surface area contributed by atoms with Crippen molar-refractivity contribution in [2.45, 2.75) is 37.6 Å². The van der Waals surface area contributed by atoms with Crippen molar-refractivity contribution < 1.29 is 0 Å². The zero-order chi connectivity index (χ0) is 14.8. The second-order valence-corrected chi connectivity index (χ2v) is 6.11. The van der Waals surface area contributed by atoms with Gasteiger partial charge in [0.05, 0.1) is 11.7 Å². The monoisotopic (exact) mass is 293 g/mol. The average molecular weight is 293 g/mol. The van der Waals surface area contributed by atoms with E-state index in [2.05, 4.69) is 44.0 Å². The summed E-state index contributed by atoms with van der Waals surface area (Å²) in [5.74, 6) is 1.94. The standard InChI is InChI=1S/C17H19N5/c1-2-4-14(5-3-1)6-7-15-19-16(21-20-15)17(8-9-17)12-22-11-10-18-13-22/h1-5,10-11,13H,6-9,12H2,(H,19,20,21). The van der Waals surface area contributed by atoms with Gasteiger partial charge in [0.25, 0.3) is 0 Å². The maximum Gasteiger partial charge on any atom is 0.158 e. The topological polar surface area (TPSA) is 59.4 Å². The lowest BCUT2D eigenvalue weighted by molar-refractivity contribution is 0.521. The van der Waals surface area contributed by atoms with E-state index in [0.29, 0.717) is 0 Å². The summed E-state index contributed by atoms with van der Waals surface area (Å²) in [6.45, 7) is 0.920. The van der Waals surface area contributed by atoms with Crippen LogP contribution in [-0.4, -0.2) is 24.7 Å². The number of hydrogen-bond acceptors (Lipinski definition) is 3. The zero-order valence-electron chi connectivity index (χ0n) is 12.4. The van der Waals surface area contributed by atoms with Crippen LogP contribution in [0.15, 0.2) is 49.1 Å². The molecule has 1 aliphatic rings. The molecule has 0 aliphatic heterocycles. The molecule has 1 aliphatic carbocycles. The molecule has 0 atom stereocenters. The van der Waals surface area contributed by atoms with Crippen LogP contribution in [0.5, 0.6) is 0 Å².